The molecule has 0 radical (unpaired) electrons. The van der Waals surface area contributed by atoms with E-state index in [0.717, 1.165) is 12.1 Å². The summed E-state index contributed by atoms with van der Waals surface area (Å²) < 4.78 is 48.3. The minimum atomic E-state index is -4.15. The number of benzene rings is 1. The van der Waals surface area contributed by atoms with Crippen LogP contribution in [0.2, 0.25) is 0 Å². The maximum Gasteiger partial charge on any atom is 0.255 e. The van der Waals surface area contributed by atoms with Crippen LogP contribution in [-0.2, 0) is 10.0 Å². The van der Waals surface area contributed by atoms with Crippen molar-refractivity contribution in [3.05, 3.63) is 23.8 Å². The zero-order valence-electron chi connectivity index (χ0n) is 7.16. The van der Waals surface area contributed by atoms with Gasteiger partial charge in [0.05, 0.1) is 5.39 Å². The standard InChI is InChI=1S/C7H5F2N3O2S/c8-3-1-2-4(9)6-5(3)7(12-11-6)15(10,13)14/h1-2H,(H,11,12)(H2,10,13,14). The molecule has 8 heteroatoms. The highest BCUT2D eigenvalue weighted by molar-refractivity contribution is 7.89. The molecule has 1 heterocycles. The summed E-state index contributed by atoms with van der Waals surface area (Å²) in [6.45, 7) is 0. The summed E-state index contributed by atoms with van der Waals surface area (Å²) >= 11 is 0. The van der Waals surface area contributed by atoms with Crippen molar-refractivity contribution in [1.29, 1.82) is 0 Å². The molecule has 5 nitrogen and oxygen atoms in total. The van der Waals surface area contributed by atoms with Gasteiger partial charge in [0.2, 0.25) is 0 Å². The van der Waals surface area contributed by atoms with Crippen LogP contribution in [0.5, 0.6) is 0 Å². The Morgan fingerprint density at radius 3 is 2.47 bits per heavy atom. The fraction of sp³-hybridized carbons (Fsp3) is 0. The zero-order chi connectivity index (χ0) is 11.2. The van der Waals surface area contributed by atoms with Crippen LogP contribution < -0.4 is 5.14 Å². The molecule has 1 aromatic carbocycles. The Balaban J connectivity index is 2.98. The number of fused-ring (bicyclic) bond motifs is 1. The molecule has 2 rings (SSSR count). The van der Waals surface area contributed by atoms with Gasteiger partial charge >= 0.3 is 0 Å². The number of aromatic amines is 1. The van der Waals surface area contributed by atoms with Gasteiger partial charge in [-0.3, -0.25) is 5.10 Å². The van der Waals surface area contributed by atoms with Gasteiger partial charge in [-0.2, -0.15) is 5.10 Å². The van der Waals surface area contributed by atoms with Crippen LogP contribution in [0.4, 0.5) is 8.78 Å². The zero-order valence-corrected chi connectivity index (χ0v) is 7.98. The van der Waals surface area contributed by atoms with E-state index in [1.807, 2.05) is 5.10 Å². The molecule has 0 unspecified atom stereocenters. The Hall–Kier alpha value is -1.54. The van der Waals surface area contributed by atoms with Crippen molar-refractivity contribution in [2.24, 2.45) is 5.14 Å². The average molecular weight is 233 g/mol. The number of primary sulfonamides is 1. The number of hydrogen-bond donors (Lipinski definition) is 2. The van der Waals surface area contributed by atoms with Crippen LogP contribution in [0.25, 0.3) is 10.9 Å². The van der Waals surface area contributed by atoms with E-state index < -0.39 is 32.1 Å². The smallest absolute Gasteiger partial charge is 0.255 e. The monoisotopic (exact) mass is 233 g/mol. The third kappa shape index (κ3) is 1.47. The van der Waals surface area contributed by atoms with Crippen LogP contribution in [0.15, 0.2) is 17.2 Å². The van der Waals surface area contributed by atoms with E-state index in [2.05, 4.69) is 5.10 Å². The third-order valence-electron chi connectivity index (χ3n) is 1.86. The molecule has 0 fully saturated rings. The number of nitrogens with zero attached hydrogens (tertiary/aromatic N) is 1. The van der Waals surface area contributed by atoms with E-state index in [0.29, 0.717) is 0 Å². The fourth-order valence-corrected chi connectivity index (χ4v) is 1.89. The first-order valence-corrected chi connectivity index (χ1v) is 5.31. The molecular weight excluding hydrogens is 228 g/mol. The van der Waals surface area contributed by atoms with Gasteiger partial charge < -0.3 is 0 Å². The SMILES string of the molecule is NS(=O)(=O)c1[nH]nc2c(F)ccc(F)c12. The molecule has 0 atom stereocenters. The molecule has 2 aromatic rings. The lowest BCUT2D eigenvalue weighted by Crippen LogP contribution is -2.13. The lowest BCUT2D eigenvalue weighted by Gasteiger charge is -1.96. The largest absolute Gasteiger partial charge is 0.265 e. The molecule has 0 saturated carbocycles. The summed E-state index contributed by atoms with van der Waals surface area (Å²) in [4.78, 5) is 0. The minimum Gasteiger partial charge on any atom is -0.265 e. The second kappa shape index (κ2) is 2.97. The summed E-state index contributed by atoms with van der Waals surface area (Å²) in [5, 5.41) is 9.05. The number of aromatic nitrogens is 2. The Morgan fingerprint density at radius 1 is 1.27 bits per heavy atom. The van der Waals surface area contributed by atoms with Crippen molar-refractivity contribution in [1.82, 2.24) is 10.2 Å². The molecular formula is C7H5F2N3O2S. The van der Waals surface area contributed by atoms with Crippen molar-refractivity contribution in [2.45, 2.75) is 5.03 Å². The fourth-order valence-electron chi connectivity index (χ4n) is 1.23. The van der Waals surface area contributed by atoms with Crippen molar-refractivity contribution in [2.75, 3.05) is 0 Å². The van der Waals surface area contributed by atoms with Crippen molar-refractivity contribution < 1.29 is 17.2 Å². The van der Waals surface area contributed by atoms with Gasteiger partial charge in [-0.25, -0.2) is 22.3 Å². The lowest BCUT2D eigenvalue weighted by atomic mass is 10.2. The van der Waals surface area contributed by atoms with E-state index in [-0.39, 0.29) is 5.52 Å². The molecule has 0 saturated heterocycles. The molecule has 0 aliphatic carbocycles. The summed E-state index contributed by atoms with van der Waals surface area (Å²) in [6.07, 6.45) is 0. The second-order valence-electron chi connectivity index (χ2n) is 2.85. The summed E-state index contributed by atoms with van der Waals surface area (Å²) in [6, 6.07) is 1.66. The Labute approximate surface area is 82.9 Å². The van der Waals surface area contributed by atoms with Crippen molar-refractivity contribution >= 4 is 20.9 Å². The molecule has 0 bridgehead atoms. The van der Waals surface area contributed by atoms with E-state index in [1.165, 1.54) is 0 Å². The number of nitrogens with one attached hydrogen (secondary N) is 1. The molecule has 1 aromatic heterocycles. The lowest BCUT2D eigenvalue weighted by molar-refractivity contribution is 0.592. The molecule has 80 valence electrons. The predicted octanol–water partition coefficient (Wildman–Crippen LogP) is 0.489. The van der Waals surface area contributed by atoms with Crippen LogP contribution in [0.3, 0.4) is 0 Å². The van der Waals surface area contributed by atoms with Crippen molar-refractivity contribution in [3.8, 4) is 0 Å². The molecule has 0 aliphatic heterocycles. The van der Waals surface area contributed by atoms with Crippen LogP contribution in [0.1, 0.15) is 0 Å². The number of halogens is 2. The van der Waals surface area contributed by atoms with E-state index in [9.17, 15) is 17.2 Å². The second-order valence-corrected chi connectivity index (χ2v) is 4.35. The van der Waals surface area contributed by atoms with Gasteiger partial charge in [0.15, 0.2) is 10.8 Å². The average Bonchev–Trinajstić information content (AvgIpc) is 2.55. The normalized spacial score (nSPS) is 12.2. The highest BCUT2D eigenvalue weighted by atomic mass is 32.2. The van der Waals surface area contributed by atoms with Crippen molar-refractivity contribution in [3.63, 3.8) is 0 Å². The van der Waals surface area contributed by atoms with Gasteiger partial charge in [0, 0.05) is 0 Å². The Bertz CT molecular complexity index is 635. The molecule has 0 aliphatic rings. The van der Waals surface area contributed by atoms with E-state index >= 15 is 0 Å². The van der Waals surface area contributed by atoms with Crippen LogP contribution in [-0.4, -0.2) is 18.6 Å². The first-order chi connectivity index (χ1) is 6.91. The highest BCUT2D eigenvalue weighted by Gasteiger charge is 2.21. The molecule has 0 spiro atoms. The molecule has 15 heavy (non-hydrogen) atoms. The van der Waals surface area contributed by atoms with Crippen LogP contribution in [0, 0.1) is 11.6 Å². The van der Waals surface area contributed by atoms with Gasteiger partial charge in [0.25, 0.3) is 10.0 Å². The van der Waals surface area contributed by atoms with Gasteiger partial charge in [-0.05, 0) is 12.1 Å². The quantitative estimate of drug-likeness (QED) is 0.751. The number of hydrogen-bond acceptors (Lipinski definition) is 3. The predicted molar refractivity (Wildman–Crippen MR) is 47.4 cm³/mol. The summed E-state index contributed by atoms with van der Waals surface area (Å²) in [5.41, 5.74) is -0.390. The molecule has 3 N–H and O–H groups in total. The van der Waals surface area contributed by atoms with Gasteiger partial charge in [-0.1, -0.05) is 0 Å². The van der Waals surface area contributed by atoms with Gasteiger partial charge in [0.1, 0.15) is 11.3 Å². The number of nitrogens with two attached hydrogens (primary N) is 1. The Morgan fingerprint density at radius 2 is 1.87 bits per heavy atom. The number of H-pyrrole nitrogens is 1. The maximum atomic E-state index is 13.2. The highest BCUT2D eigenvalue weighted by Crippen LogP contribution is 2.24. The van der Waals surface area contributed by atoms with E-state index in [1.54, 1.807) is 0 Å². The summed E-state index contributed by atoms with van der Waals surface area (Å²) in [7, 11) is -4.15. The topological polar surface area (TPSA) is 88.8 Å². The number of rotatable bonds is 1. The summed E-state index contributed by atoms with van der Waals surface area (Å²) in [5.74, 6) is -1.72. The molecule has 0 amide bonds. The van der Waals surface area contributed by atoms with Crippen LogP contribution >= 0.6 is 0 Å². The Kier molecular flexibility index (Phi) is 1.98. The van der Waals surface area contributed by atoms with Gasteiger partial charge in [-0.15, -0.1) is 0 Å². The first kappa shape index (κ1) is 9.99. The van der Waals surface area contributed by atoms with E-state index in [4.69, 9.17) is 5.14 Å². The first-order valence-electron chi connectivity index (χ1n) is 3.76. The minimum absolute atomic E-state index is 0.390. The number of sulfonamides is 1. The maximum absolute atomic E-state index is 13.2. The third-order valence-corrected chi connectivity index (χ3v) is 2.72.